The van der Waals surface area contributed by atoms with Crippen molar-refractivity contribution in [3.8, 4) is 0 Å². The molecule has 0 unspecified atom stereocenters. The van der Waals surface area contributed by atoms with Gasteiger partial charge in [-0.25, -0.2) is 13.4 Å². The third kappa shape index (κ3) is 5.58. The van der Waals surface area contributed by atoms with Crippen LogP contribution in [0.3, 0.4) is 0 Å². The predicted octanol–water partition coefficient (Wildman–Crippen LogP) is 6.22. The molecule has 2 aromatic carbocycles. The number of hydrogen-bond acceptors (Lipinski definition) is 6. The molecular weight excluding hydrogens is 506 g/mol. The molecule has 0 aliphatic heterocycles. The summed E-state index contributed by atoms with van der Waals surface area (Å²) in [5.74, 6) is 0.587. The quantitative estimate of drug-likeness (QED) is 0.213. The van der Waals surface area contributed by atoms with Crippen molar-refractivity contribution >= 4 is 42.6 Å². The lowest BCUT2D eigenvalue weighted by Gasteiger charge is -2.20. The number of amides is 1. The van der Waals surface area contributed by atoms with E-state index in [-0.39, 0.29) is 36.4 Å². The Kier molecular flexibility index (Phi) is 8.06. The molecule has 0 aliphatic carbocycles. The van der Waals surface area contributed by atoms with Crippen LogP contribution in [0.15, 0.2) is 95.5 Å². The minimum absolute atomic E-state index is 0.0897. The molecule has 37 heavy (non-hydrogen) atoms. The smallest absolute Gasteiger partial charge is 0.260 e. The summed E-state index contributed by atoms with van der Waals surface area (Å²) in [7, 11) is -3.77. The summed E-state index contributed by atoms with van der Waals surface area (Å²) in [4.78, 5) is 20.2. The standard InChI is InChI=1S/C28H29N3O4S2/c1-5-16-30(17-6-2)37(33,34)23-14-12-21(13-15-23)27(32)31(19-22-9-8-18-35-22)28-29-26-24(20(3)4)10-7-11-25(26)36-28/h5-15,18,20H,1-2,16-17,19H2,3-4H3. The Balaban J connectivity index is 1.70. The summed E-state index contributed by atoms with van der Waals surface area (Å²) < 4.78 is 33.9. The molecule has 0 fully saturated rings. The summed E-state index contributed by atoms with van der Waals surface area (Å²) in [6, 6.07) is 15.6. The Morgan fingerprint density at radius 1 is 1.05 bits per heavy atom. The SMILES string of the molecule is C=CCN(CC=C)S(=O)(=O)c1ccc(C(=O)N(Cc2ccco2)c2nc3c(C(C)C)cccc3s2)cc1. The number of para-hydroxylation sites is 1. The number of aromatic nitrogens is 1. The molecule has 4 aromatic rings. The van der Waals surface area contributed by atoms with E-state index < -0.39 is 10.0 Å². The lowest BCUT2D eigenvalue weighted by molar-refractivity contribution is 0.0983. The molecule has 7 nitrogen and oxygen atoms in total. The van der Waals surface area contributed by atoms with Gasteiger partial charge in [-0.2, -0.15) is 4.31 Å². The summed E-state index contributed by atoms with van der Waals surface area (Å²) >= 11 is 1.44. The number of hydrogen-bond donors (Lipinski definition) is 0. The molecule has 1 amide bonds. The lowest BCUT2D eigenvalue weighted by Crippen LogP contribution is -2.32. The van der Waals surface area contributed by atoms with Gasteiger partial charge in [0, 0.05) is 18.7 Å². The Hall–Kier alpha value is -3.53. The highest BCUT2D eigenvalue weighted by Gasteiger charge is 2.26. The first kappa shape index (κ1) is 26.5. The van der Waals surface area contributed by atoms with Crippen LogP contribution in [-0.2, 0) is 16.6 Å². The van der Waals surface area contributed by atoms with Crippen LogP contribution in [0.4, 0.5) is 5.13 Å². The maximum Gasteiger partial charge on any atom is 0.260 e. The first-order chi connectivity index (χ1) is 17.8. The predicted molar refractivity (Wildman–Crippen MR) is 149 cm³/mol. The number of benzene rings is 2. The summed E-state index contributed by atoms with van der Waals surface area (Å²) in [6.45, 7) is 12.0. The molecule has 2 aromatic heterocycles. The monoisotopic (exact) mass is 535 g/mol. The van der Waals surface area contributed by atoms with Crippen LogP contribution in [0.25, 0.3) is 10.2 Å². The fourth-order valence-corrected chi connectivity index (χ4v) is 6.34. The van der Waals surface area contributed by atoms with E-state index in [0.29, 0.717) is 16.5 Å². The van der Waals surface area contributed by atoms with Crippen LogP contribution in [-0.4, -0.2) is 36.7 Å². The minimum atomic E-state index is -3.77. The normalized spacial score (nSPS) is 11.8. The van der Waals surface area contributed by atoms with E-state index >= 15 is 0 Å². The van der Waals surface area contributed by atoms with Gasteiger partial charge in [0.25, 0.3) is 5.91 Å². The van der Waals surface area contributed by atoms with Gasteiger partial charge in [-0.1, -0.05) is 49.5 Å². The fraction of sp³-hybridized carbons (Fsp3) is 0.214. The molecular formula is C28H29N3O4S2. The molecule has 0 radical (unpaired) electrons. The number of thiazole rings is 1. The third-order valence-corrected chi connectivity index (χ3v) is 8.72. The second-order valence-electron chi connectivity index (χ2n) is 8.74. The molecule has 0 bridgehead atoms. The molecule has 192 valence electrons. The van der Waals surface area contributed by atoms with Gasteiger partial charge in [-0.05, 0) is 53.9 Å². The molecule has 2 heterocycles. The van der Waals surface area contributed by atoms with Crippen molar-refractivity contribution in [2.45, 2.75) is 31.2 Å². The lowest BCUT2D eigenvalue weighted by atomic mass is 10.0. The largest absolute Gasteiger partial charge is 0.467 e. The fourth-order valence-electron chi connectivity index (χ4n) is 3.96. The number of fused-ring (bicyclic) bond motifs is 1. The van der Waals surface area contributed by atoms with Crippen molar-refractivity contribution in [1.82, 2.24) is 9.29 Å². The molecule has 0 saturated carbocycles. The number of furan rings is 1. The van der Waals surface area contributed by atoms with Gasteiger partial charge in [-0.3, -0.25) is 9.69 Å². The van der Waals surface area contributed by atoms with Gasteiger partial charge in [-0.15, -0.1) is 13.2 Å². The van der Waals surface area contributed by atoms with Crippen molar-refractivity contribution in [2.75, 3.05) is 18.0 Å². The first-order valence-electron chi connectivity index (χ1n) is 11.8. The van der Waals surface area contributed by atoms with E-state index in [4.69, 9.17) is 9.40 Å². The van der Waals surface area contributed by atoms with Crippen molar-refractivity contribution in [3.63, 3.8) is 0 Å². The van der Waals surface area contributed by atoms with Crippen LogP contribution in [0, 0.1) is 0 Å². The summed E-state index contributed by atoms with van der Waals surface area (Å²) in [6.07, 6.45) is 4.60. The molecule has 9 heteroatoms. The molecule has 0 saturated heterocycles. The van der Waals surface area contributed by atoms with Crippen molar-refractivity contribution in [3.05, 3.63) is 103 Å². The molecule has 4 rings (SSSR count). The Labute approximate surface area is 221 Å². The van der Waals surface area contributed by atoms with Crippen molar-refractivity contribution in [2.24, 2.45) is 0 Å². The molecule has 0 N–H and O–H groups in total. The second kappa shape index (κ2) is 11.2. The number of nitrogens with zero attached hydrogens (tertiary/aromatic N) is 3. The van der Waals surface area contributed by atoms with E-state index in [2.05, 4.69) is 33.1 Å². The highest BCUT2D eigenvalue weighted by atomic mass is 32.2. The maximum absolute atomic E-state index is 13.7. The molecule has 0 spiro atoms. The zero-order valence-corrected chi connectivity index (χ0v) is 22.5. The molecule has 0 atom stereocenters. The Morgan fingerprint density at radius 3 is 2.35 bits per heavy atom. The number of rotatable bonds is 11. The van der Waals surface area contributed by atoms with Crippen LogP contribution < -0.4 is 4.90 Å². The molecule has 0 aliphatic rings. The van der Waals surface area contributed by atoms with Crippen molar-refractivity contribution in [1.29, 1.82) is 0 Å². The maximum atomic E-state index is 13.7. The summed E-state index contributed by atoms with van der Waals surface area (Å²) in [5.41, 5.74) is 2.33. The number of sulfonamides is 1. The van der Waals surface area contributed by atoms with Gasteiger partial charge in [0.15, 0.2) is 5.13 Å². The zero-order chi connectivity index (χ0) is 26.6. The van der Waals surface area contributed by atoms with E-state index in [0.717, 1.165) is 15.8 Å². The van der Waals surface area contributed by atoms with E-state index in [9.17, 15) is 13.2 Å². The average Bonchev–Trinajstić information content (AvgIpc) is 3.56. The van der Waals surface area contributed by atoms with Gasteiger partial charge in [0.2, 0.25) is 10.0 Å². The Morgan fingerprint density at radius 2 is 1.76 bits per heavy atom. The second-order valence-corrected chi connectivity index (χ2v) is 11.7. The highest BCUT2D eigenvalue weighted by Crippen LogP contribution is 2.35. The first-order valence-corrected chi connectivity index (χ1v) is 14.1. The van der Waals surface area contributed by atoms with Crippen LogP contribution in [0.2, 0.25) is 0 Å². The zero-order valence-electron chi connectivity index (χ0n) is 20.8. The average molecular weight is 536 g/mol. The third-order valence-electron chi connectivity index (χ3n) is 5.84. The van der Waals surface area contributed by atoms with Gasteiger partial charge >= 0.3 is 0 Å². The number of carbonyl (C=O) groups excluding carboxylic acids is 1. The van der Waals surface area contributed by atoms with Crippen LogP contribution >= 0.6 is 11.3 Å². The van der Waals surface area contributed by atoms with Crippen LogP contribution in [0.5, 0.6) is 0 Å². The van der Waals surface area contributed by atoms with E-state index in [1.807, 2.05) is 12.1 Å². The van der Waals surface area contributed by atoms with Gasteiger partial charge in [0.1, 0.15) is 5.76 Å². The van der Waals surface area contributed by atoms with Gasteiger partial charge < -0.3 is 4.42 Å². The summed E-state index contributed by atoms with van der Waals surface area (Å²) in [5, 5.41) is 0.546. The van der Waals surface area contributed by atoms with E-state index in [1.54, 1.807) is 23.3 Å². The highest BCUT2D eigenvalue weighted by molar-refractivity contribution is 7.89. The number of carbonyl (C=O) groups is 1. The van der Waals surface area contributed by atoms with E-state index in [1.165, 1.54) is 52.1 Å². The topological polar surface area (TPSA) is 83.7 Å². The minimum Gasteiger partial charge on any atom is -0.467 e. The number of anilines is 1. The Bertz CT molecular complexity index is 1490. The van der Waals surface area contributed by atoms with Gasteiger partial charge in [0.05, 0.1) is 27.9 Å². The van der Waals surface area contributed by atoms with Crippen LogP contribution in [0.1, 0.15) is 41.4 Å². The van der Waals surface area contributed by atoms with Crippen molar-refractivity contribution < 1.29 is 17.6 Å².